The maximum Gasteiger partial charge on any atom is 0.252 e. The van der Waals surface area contributed by atoms with E-state index in [0.717, 1.165) is 30.7 Å². The van der Waals surface area contributed by atoms with Gasteiger partial charge in [0.1, 0.15) is 0 Å². The van der Waals surface area contributed by atoms with Gasteiger partial charge < -0.3 is 15.8 Å². The molecule has 142 valence electrons. The molecule has 2 aromatic heterocycles. The van der Waals surface area contributed by atoms with Crippen LogP contribution in [0.4, 0.5) is 5.69 Å². The number of carbonyl (C=O) groups is 1. The van der Waals surface area contributed by atoms with Gasteiger partial charge in [0, 0.05) is 18.8 Å². The summed E-state index contributed by atoms with van der Waals surface area (Å²) < 4.78 is 7.17. The zero-order valence-corrected chi connectivity index (χ0v) is 15.4. The fourth-order valence-electron chi connectivity index (χ4n) is 4.09. The number of nitrogens with two attached hydrogens (primary N) is 1. The quantitative estimate of drug-likeness (QED) is 0.822. The third kappa shape index (κ3) is 3.03. The minimum atomic E-state index is -0.498. The van der Waals surface area contributed by atoms with Crippen molar-refractivity contribution in [2.45, 2.75) is 31.3 Å². The monoisotopic (exact) mass is 368 g/mol. The van der Waals surface area contributed by atoms with Crippen LogP contribution in [0.5, 0.6) is 0 Å². The molecule has 2 atom stereocenters. The van der Waals surface area contributed by atoms with Gasteiger partial charge in [0.05, 0.1) is 54.2 Å². The highest BCUT2D eigenvalue weighted by Gasteiger charge is 2.46. The van der Waals surface area contributed by atoms with E-state index in [-0.39, 0.29) is 11.6 Å². The zero-order valence-electron chi connectivity index (χ0n) is 15.4. The lowest BCUT2D eigenvalue weighted by atomic mass is 9.85. The summed E-state index contributed by atoms with van der Waals surface area (Å²) in [5.41, 5.74) is 7.36. The van der Waals surface area contributed by atoms with Gasteiger partial charge in [-0.1, -0.05) is 6.92 Å². The number of aromatic nitrogens is 2. The number of nitrogens with zero attached hydrogens (tertiary/aromatic N) is 4. The zero-order chi connectivity index (χ0) is 19.0. The van der Waals surface area contributed by atoms with Crippen LogP contribution in [0, 0.1) is 17.2 Å². The lowest BCUT2D eigenvalue weighted by Gasteiger charge is -2.52. The fourth-order valence-corrected chi connectivity index (χ4v) is 4.09. The molecule has 0 aliphatic carbocycles. The summed E-state index contributed by atoms with van der Waals surface area (Å²) >= 11 is 0. The molecule has 0 bridgehead atoms. The molecule has 0 aromatic carbocycles. The van der Waals surface area contributed by atoms with E-state index in [2.05, 4.69) is 28.3 Å². The van der Waals surface area contributed by atoms with Crippen molar-refractivity contribution in [2.24, 2.45) is 11.7 Å². The predicted octanol–water partition coefficient (Wildman–Crippen LogP) is 1.24. The second-order valence-electron chi connectivity index (χ2n) is 7.65. The number of likely N-dealkylation sites (tertiary alicyclic amines) is 1. The van der Waals surface area contributed by atoms with E-state index in [4.69, 9.17) is 10.5 Å². The molecule has 27 heavy (non-hydrogen) atoms. The van der Waals surface area contributed by atoms with Crippen LogP contribution < -0.4 is 11.1 Å². The van der Waals surface area contributed by atoms with Crippen molar-refractivity contribution in [3.05, 3.63) is 30.1 Å². The van der Waals surface area contributed by atoms with Crippen molar-refractivity contribution >= 4 is 17.1 Å². The Hall–Kier alpha value is -2.63. The molecule has 2 aromatic rings. The topological polar surface area (TPSA) is 109 Å². The Kier molecular flexibility index (Phi) is 4.50. The average Bonchev–Trinajstić information content (AvgIpc) is 3.09. The number of primary amides is 1. The van der Waals surface area contributed by atoms with Crippen LogP contribution in [0.1, 0.15) is 30.1 Å². The highest BCUT2D eigenvalue weighted by atomic mass is 16.5. The van der Waals surface area contributed by atoms with Gasteiger partial charge in [0.25, 0.3) is 5.91 Å². The number of anilines is 1. The number of rotatable bonds is 5. The van der Waals surface area contributed by atoms with Gasteiger partial charge in [0.2, 0.25) is 0 Å². The van der Waals surface area contributed by atoms with Crippen LogP contribution in [0.25, 0.3) is 5.52 Å². The molecule has 4 heterocycles. The van der Waals surface area contributed by atoms with E-state index in [0.29, 0.717) is 31.1 Å². The van der Waals surface area contributed by atoms with E-state index in [1.165, 1.54) is 6.20 Å². The molecule has 1 amide bonds. The maximum atomic E-state index is 11.9. The number of hydrogen-bond donors (Lipinski definition) is 2. The van der Waals surface area contributed by atoms with Crippen LogP contribution >= 0.6 is 0 Å². The molecule has 8 heteroatoms. The van der Waals surface area contributed by atoms with E-state index in [1.54, 1.807) is 4.52 Å². The van der Waals surface area contributed by atoms with Crippen molar-refractivity contribution in [2.75, 3.05) is 31.6 Å². The van der Waals surface area contributed by atoms with Gasteiger partial charge in [0.15, 0.2) is 0 Å². The van der Waals surface area contributed by atoms with Crippen LogP contribution in [0.3, 0.4) is 0 Å². The molecule has 8 nitrogen and oxygen atoms in total. The molecule has 4 rings (SSSR count). The third-order valence-electron chi connectivity index (χ3n) is 5.94. The standard InChI is InChI=1S/C19H24N6O2/c1-13-4-8-24(19(5-6-20)11-27-12-19)10-15(13)23-17-14(18(21)26)9-22-25-7-2-3-16(17)25/h2-3,7,9,13,15,23H,4-5,8,10-12H2,1H3,(H2,21,26). The molecule has 2 fully saturated rings. The van der Waals surface area contributed by atoms with Gasteiger partial charge in [-0.25, -0.2) is 4.52 Å². The minimum absolute atomic E-state index is 0.133. The minimum Gasteiger partial charge on any atom is -0.378 e. The Morgan fingerprint density at radius 3 is 3.04 bits per heavy atom. The average molecular weight is 368 g/mol. The largest absolute Gasteiger partial charge is 0.378 e. The van der Waals surface area contributed by atoms with Gasteiger partial charge in [-0.15, -0.1) is 0 Å². The molecule has 2 aliphatic rings. The first-order chi connectivity index (χ1) is 13.0. The summed E-state index contributed by atoms with van der Waals surface area (Å²) in [6.07, 6.45) is 4.84. The fraction of sp³-hybridized carbons (Fsp3) is 0.526. The van der Waals surface area contributed by atoms with Crippen LogP contribution in [0.15, 0.2) is 24.5 Å². The Balaban J connectivity index is 1.63. The van der Waals surface area contributed by atoms with Gasteiger partial charge in [-0.3, -0.25) is 9.69 Å². The van der Waals surface area contributed by atoms with Crippen molar-refractivity contribution < 1.29 is 9.53 Å². The Labute approximate surface area is 157 Å². The number of carbonyl (C=O) groups excluding carboxylic acids is 1. The van der Waals surface area contributed by atoms with E-state index < -0.39 is 5.91 Å². The number of nitrogens with one attached hydrogen (secondary N) is 1. The van der Waals surface area contributed by atoms with E-state index >= 15 is 0 Å². The lowest BCUT2D eigenvalue weighted by Crippen LogP contribution is -2.66. The number of ether oxygens (including phenoxy) is 1. The van der Waals surface area contributed by atoms with Crippen LogP contribution in [0.2, 0.25) is 0 Å². The van der Waals surface area contributed by atoms with Crippen molar-refractivity contribution in [1.29, 1.82) is 5.26 Å². The first-order valence-corrected chi connectivity index (χ1v) is 9.26. The van der Waals surface area contributed by atoms with E-state index in [1.807, 2.05) is 18.3 Å². The molecule has 2 aliphatic heterocycles. The molecular formula is C19H24N6O2. The van der Waals surface area contributed by atoms with Crippen LogP contribution in [-0.2, 0) is 4.74 Å². The van der Waals surface area contributed by atoms with Crippen molar-refractivity contribution in [1.82, 2.24) is 14.5 Å². The number of piperidine rings is 1. The van der Waals surface area contributed by atoms with E-state index in [9.17, 15) is 10.1 Å². The van der Waals surface area contributed by atoms with Gasteiger partial charge in [-0.2, -0.15) is 10.4 Å². The van der Waals surface area contributed by atoms with Gasteiger partial charge >= 0.3 is 0 Å². The number of nitriles is 1. The smallest absolute Gasteiger partial charge is 0.252 e. The van der Waals surface area contributed by atoms with Crippen LogP contribution in [-0.4, -0.2) is 58.3 Å². The highest BCUT2D eigenvalue weighted by molar-refractivity contribution is 6.01. The summed E-state index contributed by atoms with van der Waals surface area (Å²) in [6.45, 7) is 5.16. The molecule has 0 radical (unpaired) electrons. The number of hydrogen-bond acceptors (Lipinski definition) is 6. The highest BCUT2D eigenvalue weighted by Crippen LogP contribution is 2.34. The molecule has 2 saturated heterocycles. The summed E-state index contributed by atoms with van der Waals surface area (Å²) in [5.74, 6) is -0.0763. The first kappa shape index (κ1) is 17.8. The Bertz CT molecular complexity index is 897. The molecule has 2 unspecified atom stereocenters. The molecular weight excluding hydrogens is 344 g/mol. The predicted molar refractivity (Wildman–Crippen MR) is 100 cm³/mol. The maximum absolute atomic E-state index is 11.9. The van der Waals surface area contributed by atoms with Crippen molar-refractivity contribution in [3.8, 4) is 6.07 Å². The molecule has 0 spiro atoms. The number of amides is 1. The summed E-state index contributed by atoms with van der Waals surface area (Å²) in [4.78, 5) is 14.3. The third-order valence-corrected chi connectivity index (χ3v) is 5.94. The first-order valence-electron chi connectivity index (χ1n) is 9.26. The second kappa shape index (κ2) is 6.83. The lowest BCUT2D eigenvalue weighted by molar-refractivity contribution is -0.146. The molecule has 0 saturated carbocycles. The second-order valence-corrected chi connectivity index (χ2v) is 7.65. The Morgan fingerprint density at radius 2 is 2.37 bits per heavy atom. The summed E-state index contributed by atoms with van der Waals surface area (Å²) in [5, 5.41) is 17.1. The summed E-state index contributed by atoms with van der Waals surface area (Å²) in [7, 11) is 0. The van der Waals surface area contributed by atoms with Crippen molar-refractivity contribution in [3.63, 3.8) is 0 Å². The summed E-state index contributed by atoms with van der Waals surface area (Å²) in [6, 6.07) is 6.26. The van der Waals surface area contributed by atoms with Gasteiger partial charge in [-0.05, 0) is 31.0 Å². The Morgan fingerprint density at radius 1 is 1.56 bits per heavy atom. The molecule has 3 N–H and O–H groups in total. The normalized spacial score (nSPS) is 24.9. The SMILES string of the molecule is CC1CCN(C2(CC#N)COC2)CC1Nc1c(C(N)=O)cnn2cccc12. The number of fused-ring (bicyclic) bond motifs is 1.